The van der Waals surface area contributed by atoms with Crippen molar-refractivity contribution in [2.45, 2.75) is 17.9 Å². The number of rotatable bonds is 10. The molecule has 0 unspecified atom stereocenters. The quantitative estimate of drug-likeness (QED) is 0.506. The maximum Gasteiger partial charge on any atom is 0.258 e. The molecule has 0 aliphatic carbocycles. The molecular weight excluding hydrogens is 419 g/mol. The minimum atomic E-state index is -3.63. The number of carbonyl (C=O) groups is 1. The van der Waals surface area contributed by atoms with E-state index in [4.69, 9.17) is 4.74 Å². The van der Waals surface area contributed by atoms with Crippen LogP contribution in [-0.4, -0.2) is 27.5 Å². The number of sulfonamides is 1. The highest BCUT2D eigenvalue weighted by Crippen LogP contribution is 2.16. The van der Waals surface area contributed by atoms with Gasteiger partial charge in [-0.05, 0) is 53.9 Å². The molecule has 1 amide bonds. The first-order valence-electron chi connectivity index (χ1n) is 9.70. The molecule has 0 saturated heterocycles. The van der Waals surface area contributed by atoms with Crippen LogP contribution in [0.1, 0.15) is 11.1 Å². The van der Waals surface area contributed by atoms with Gasteiger partial charge in [-0.3, -0.25) is 4.79 Å². The molecule has 8 heteroatoms. The molecule has 3 aromatic rings. The largest absolute Gasteiger partial charge is 0.484 e. The van der Waals surface area contributed by atoms with Gasteiger partial charge in [0, 0.05) is 13.1 Å². The van der Waals surface area contributed by atoms with Gasteiger partial charge in [0.15, 0.2) is 6.61 Å². The molecule has 0 spiro atoms. The molecule has 3 aromatic carbocycles. The van der Waals surface area contributed by atoms with E-state index in [-0.39, 0.29) is 29.8 Å². The lowest BCUT2D eigenvalue weighted by Gasteiger charge is -2.10. The van der Waals surface area contributed by atoms with Crippen molar-refractivity contribution in [2.24, 2.45) is 0 Å². The van der Waals surface area contributed by atoms with Crippen molar-refractivity contribution < 1.29 is 22.3 Å². The highest BCUT2D eigenvalue weighted by Gasteiger charge is 2.13. The van der Waals surface area contributed by atoms with Crippen LogP contribution in [0.3, 0.4) is 0 Å². The Hall–Kier alpha value is -3.23. The molecule has 0 radical (unpaired) electrons. The Morgan fingerprint density at radius 3 is 2.23 bits per heavy atom. The van der Waals surface area contributed by atoms with Gasteiger partial charge < -0.3 is 10.1 Å². The Bertz CT molecular complexity index is 1090. The van der Waals surface area contributed by atoms with Gasteiger partial charge in [0.1, 0.15) is 11.6 Å². The molecule has 6 nitrogen and oxygen atoms in total. The topological polar surface area (TPSA) is 84.5 Å². The first-order valence-corrected chi connectivity index (χ1v) is 11.2. The fourth-order valence-electron chi connectivity index (χ4n) is 2.78. The number of ether oxygens (including phenoxy) is 1. The third-order valence-electron chi connectivity index (χ3n) is 4.46. The highest BCUT2D eigenvalue weighted by atomic mass is 32.2. The van der Waals surface area contributed by atoms with E-state index in [9.17, 15) is 17.6 Å². The van der Waals surface area contributed by atoms with E-state index in [0.29, 0.717) is 18.7 Å². The predicted molar refractivity (Wildman–Crippen MR) is 116 cm³/mol. The van der Waals surface area contributed by atoms with Crippen LogP contribution in [-0.2, 0) is 27.8 Å². The van der Waals surface area contributed by atoms with Crippen LogP contribution < -0.4 is 14.8 Å². The van der Waals surface area contributed by atoms with Gasteiger partial charge >= 0.3 is 0 Å². The molecule has 0 aliphatic rings. The maximum atomic E-state index is 12.9. The Kier molecular flexibility index (Phi) is 7.75. The molecule has 0 aliphatic heterocycles. The summed E-state index contributed by atoms with van der Waals surface area (Å²) < 4.78 is 45.6. The van der Waals surface area contributed by atoms with E-state index < -0.39 is 10.0 Å². The normalized spacial score (nSPS) is 11.1. The third kappa shape index (κ3) is 7.20. The van der Waals surface area contributed by atoms with Crippen molar-refractivity contribution >= 4 is 15.9 Å². The van der Waals surface area contributed by atoms with E-state index in [2.05, 4.69) is 10.0 Å². The Morgan fingerprint density at radius 1 is 0.871 bits per heavy atom. The first kappa shape index (κ1) is 22.5. The predicted octanol–water partition coefficient (Wildman–Crippen LogP) is 3.04. The average Bonchev–Trinajstić information content (AvgIpc) is 2.78. The summed E-state index contributed by atoms with van der Waals surface area (Å²) in [6.07, 6.45) is 0.592. The summed E-state index contributed by atoms with van der Waals surface area (Å²) in [5.74, 6) is -0.306. The number of hydrogen-bond donors (Lipinski definition) is 2. The second-order valence-corrected chi connectivity index (χ2v) is 8.56. The molecule has 0 heterocycles. The van der Waals surface area contributed by atoms with Crippen molar-refractivity contribution in [3.8, 4) is 5.75 Å². The molecule has 0 fully saturated rings. The number of amides is 1. The molecule has 0 saturated carbocycles. The van der Waals surface area contributed by atoms with E-state index in [0.717, 1.165) is 11.1 Å². The van der Waals surface area contributed by atoms with Crippen LogP contribution in [0, 0.1) is 5.82 Å². The van der Waals surface area contributed by atoms with E-state index >= 15 is 0 Å². The summed E-state index contributed by atoms with van der Waals surface area (Å²) in [6.45, 7) is 0.329. The van der Waals surface area contributed by atoms with E-state index in [1.807, 2.05) is 30.3 Å². The molecule has 3 rings (SSSR count). The minimum absolute atomic E-state index is 0.119. The fraction of sp³-hybridized carbons (Fsp3) is 0.174. The van der Waals surface area contributed by atoms with Gasteiger partial charge in [0.05, 0.1) is 4.90 Å². The van der Waals surface area contributed by atoms with Crippen LogP contribution in [0.2, 0.25) is 0 Å². The molecule has 162 valence electrons. The van der Waals surface area contributed by atoms with E-state index in [1.54, 1.807) is 12.1 Å². The zero-order valence-corrected chi connectivity index (χ0v) is 17.6. The second-order valence-electron chi connectivity index (χ2n) is 6.80. The zero-order valence-electron chi connectivity index (χ0n) is 16.8. The summed E-state index contributed by atoms with van der Waals surface area (Å²) in [6, 6.07) is 21.3. The van der Waals surface area contributed by atoms with Crippen LogP contribution in [0.15, 0.2) is 83.8 Å². The molecule has 0 aromatic heterocycles. The summed E-state index contributed by atoms with van der Waals surface area (Å²) in [4.78, 5) is 12.0. The molecule has 2 N–H and O–H groups in total. The van der Waals surface area contributed by atoms with Gasteiger partial charge in [0.2, 0.25) is 10.0 Å². The summed E-state index contributed by atoms with van der Waals surface area (Å²) in [5, 5.41) is 2.67. The molecular formula is C23H23FN2O4S. The van der Waals surface area contributed by atoms with Crippen LogP contribution in [0.25, 0.3) is 0 Å². The summed E-state index contributed by atoms with van der Waals surface area (Å²) in [7, 11) is -3.63. The van der Waals surface area contributed by atoms with Crippen LogP contribution in [0.4, 0.5) is 4.39 Å². The van der Waals surface area contributed by atoms with Crippen molar-refractivity contribution in [2.75, 3.05) is 13.2 Å². The monoisotopic (exact) mass is 442 g/mol. The van der Waals surface area contributed by atoms with Crippen LogP contribution >= 0.6 is 0 Å². The lowest BCUT2D eigenvalue weighted by atomic mass is 10.2. The van der Waals surface area contributed by atoms with Crippen LogP contribution in [0.5, 0.6) is 5.75 Å². The number of carbonyl (C=O) groups excluding carboxylic acids is 1. The van der Waals surface area contributed by atoms with Gasteiger partial charge in [-0.1, -0.05) is 42.5 Å². The Morgan fingerprint density at radius 2 is 1.55 bits per heavy atom. The third-order valence-corrected chi connectivity index (χ3v) is 5.93. The average molecular weight is 443 g/mol. The molecule has 31 heavy (non-hydrogen) atoms. The SMILES string of the molecule is O=C(COc1ccc(S(=O)(=O)NCCc2ccccc2)cc1)NCc1ccc(F)cc1. The van der Waals surface area contributed by atoms with Gasteiger partial charge in [0.25, 0.3) is 5.91 Å². The highest BCUT2D eigenvalue weighted by molar-refractivity contribution is 7.89. The van der Waals surface area contributed by atoms with Gasteiger partial charge in [-0.25, -0.2) is 17.5 Å². The number of benzene rings is 3. The van der Waals surface area contributed by atoms with Gasteiger partial charge in [-0.2, -0.15) is 0 Å². The summed E-state index contributed by atoms with van der Waals surface area (Å²) >= 11 is 0. The fourth-order valence-corrected chi connectivity index (χ4v) is 3.81. The Balaban J connectivity index is 1.44. The lowest BCUT2D eigenvalue weighted by molar-refractivity contribution is -0.123. The number of halogens is 1. The number of nitrogens with one attached hydrogen (secondary N) is 2. The lowest BCUT2D eigenvalue weighted by Crippen LogP contribution is -2.28. The van der Waals surface area contributed by atoms with E-state index in [1.165, 1.54) is 36.4 Å². The van der Waals surface area contributed by atoms with Crippen molar-refractivity contribution in [3.63, 3.8) is 0 Å². The summed E-state index contributed by atoms with van der Waals surface area (Å²) in [5.41, 5.74) is 1.82. The van der Waals surface area contributed by atoms with Gasteiger partial charge in [-0.15, -0.1) is 0 Å². The smallest absolute Gasteiger partial charge is 0.258 e. The Labute approximate surface area is 181 Å². The molecule has 0 atom stereocenters. The number of hydrogen-bond acceptors (Lipinski definition) is 4. The standard InChI is InChI=1S/C23H23FN2O4S/c24-20-8-6-19(7-9-20)16-25-23(27)17-30-21-10-12-22(13-11-21)31(28,29)26-15-14-18-4-2-1-3-5-18/h1-13,26H,14-17H2,(H,25,27). The first-order chi connectivity index (χ1) is 14.9. The maximum absolute atomic E-state index is 12.9. The minimum Gasteiger partial charge on any atom is -0.484 e. The van der Waals surface area contributed by atoms with Crippen molar-refractivity contribution in [1.82, 2.24) is 10.0 Å². The molecule has 0 bridgehead atoms. The second kappa shape index (κ2) is 10.7. The van der Waals surface area contributed by atoms with Crippen molar-refractivity contribution in [3.05, 3.63) is 95.8 Å². The van der Waals surface area contributed by atoms with Crippen molar-refractivity contribution in [1.29, 1.82) is 0 Å². The zero-order chi connectivity index (χ0) is 22.1.